The summed E-state index contributed by atoms with van der Waals surface area (Å²) in [5, 5.41) is 1.49. The third-order valence-corrected chi connectivity index (χ3v) is 3.26. The number of halogens is 1. The highest BCUT2D eigenvalue weighted by atomic mass is 35.5. The highest BCUT2D eigenvalue weighted by Crippen LogP contribution is 2.25. The molecule has 0 radical (unpaired) electrons. The standard InChI is InChI=1S/C14H14ClNO2/c1-8-6-13(15)16-12-5-4-10(7-11(8)12)9(2)14(17)18-3/h4-7,9H,1-3H3. The number of carbonyl (C=O) groups is 1. The van der Waals surface area contributed by atoms with E-state index in [0.29, 0.717) is 5.15 Å². The van der Waals surface area contributed by atoms with Crippen LogP contribution in [0, 0.1) is 6.92 Å². The molecule has 0 aliphatic heterocycles. The molecule has 0 aliphatic carbocycles. The minimum atomic E-state index is -0.283. The normalized spacial score (nSPS) is 12.4. The summed E-state index contributed by atoms with van der Waals surface area (Å²) in [5.41, 5.74) is 2.80. The lowest BCUT2D eigenvalue weighted by Gasteiger charge is -2.11. The molecule has 0 N–H and O–H groups in total. The Morgan fingerprint density at radius 1 is 1.39 bits per heavy atom. The number of benzene rings is 1. The molecule has 0 bridgehead atoms. The van der Waals surface area contributed by atoms with Crippen molar-refractivity contribution in [1.82, 2.24) is 4.98 Å². The van der Waals surface area contributed by atoms with Crippen LogP contribution in [0.25, 0.3) is 10.9 Å². The Morgan fingerprint density at radius 2 is 2.11 bits per heavy atom. The van der Waals surface area contributed by atoms with Gasteiger partial charge in [0.05, 0.1) is 18.5 Å². The monoisotopic (exact) mass is 263 g/mol. The second-order valence-corrected chi connectivity index (χ2v) is 4.67. The Morgan fingerprint density at radius 3 is 2.78 bits per heavy atom. The van der Waals surface area contributed by atoms with Crippen LogP contribution < -0.4 is 0 Å². The van der Waals surface area contributed by atoms with Crippen LogP contribution in [0.3, 0.4) is 0 Å². The van der Waals surface area contributed by atoms with Gasteiger partial charge in [-0.15, -0.1) is 0 Å². The number of carbonyl (C=O) groups excluding carboxylic acids is 1. The van der Waals surface area contributed by atoms with Gasteiger partial charge >= 0.3 is 5.97 Å². The number of nitrogens with zero attached hydrogens (tertiary/aromatic N) is 1. The van der Waals surface area contributed by atoms with Crippen LogP contribution in [0.15, 0.2) is 24.3 Å². The largest absolute Gasteiger partial charge is 0.469 e. The summed E-state index contributed by atoms with van der Waals surface area (Å²) >= 11 is 5.91. The van der Waals surface area contributed by atoms with Gasteiger partial charge in [0.15, 0.2) is 0 Å². The lowest BCUT2D eigenvalue weighted by atomic mass is 9.98. The number of fused-ring (bicyclic) bond motifs is 1. The molecule has 1 aromatic heterocycles. The van der Waals surface area contributed by atoms with Crippen molar-refractivity contribution in [3.63, 3.8) is 0 Å². The van der Waals surface area contributed by atoms with E-state index in [2.05, 4.69) is 4.98 Å². The zero-order chi connectivity index (χ0) is 13.3. The van der Waals surface area contributed by atoms with Crippen molar-refractivity contribution < 1.29 is 9.53 Å². The summed E-state index contributed by atoms with van der Waals surface area (Å²) in [4.78, 5) is 15.8. The van der Waals surface area contributed by atoms with Gasteiger partial charge in [-0.25, -0.2) is 4.98 Å². The Bertz CT molecular complexity index is 610. The molecule has 18 heavy (non-hydrogen) atoms. The molecule has 0 saturated heterocycles. The van der Waals surface area contributed by atoms with Gasteiger partial charge in [0.2, 0.25) is 0 Å². The molecule has 1 aromatic carbocycles. The topological polar surface area (TPSA) is 39.2 Å². The molecule has 94 valence electrons. The summed E-state index contributed by atoms with van der Waals surface area (Å²) in [7, 11) is 1.40. The summed E-state index contributed by atoms with van der Waals surface area (Å²) in [6.07, 6.45) is 0. The minimum Gasteiger partial charge on any atom is -0.469 e. The van der Waals surface area contributed by atoms with E-state index in [1.165, 1.54) is 7.11 Å². The third-order valence-electron chi connectivity index (χ3n) is 3.06. The maximum Gasteiger partial charge on any atom is 0.312 e. The van der Waals surface area contributed by atoms with Crippen LogP contribution >= 0.6 is 11.6 Å². The zero-order valence-corrected chi connectivity index (χ0v) is 11.3. The second-order valence-electron chi connectivity index (χ2n) is 4.28. The lowest BCUT2D eigenvalue weighted by molar-refractivity contribution is -0.141. The molecule has 0 amide bonds. The van der Waals surface area contributed by atoms with Crippen molar-refractivity contribution in [3.05, 3.63) is 40.5 Å². The van der Waals surface area contributed by atoms with Crippen LogP contribution in [0.5, 0.6) is 0 Å². The zero-order valence-electron chi connectivity index (χ0n) is 10.5. The highest BCUT2D eigenvalue weighted by Gasteiger charge is 2.16. The average Bonchev–Trinajstić information content (AvgIpc) is 2.36. The number of pyridine rings is 1. The van der Waals surface area contributed by atoms with Gasteiger partial charge in [-0.2, -0.15) is 0 Å². The van der Waals surface area contributed by atoms with E-state index < -0.39 is 0 Å². The van der Waals surface area contributed by atoms with Crippen LogP contribution in [0.4, 0.5) is 0 Å². The summed E-state index contributed by atoms with van der Waals surface area (Å²) in [5.74, 6) is -0.525. The molecule has 1 heterocycles. The van der Waals surface area contributed by atoms with Crippen molar-refractivity contribution in [2.75, 3.05) is 7.11 Å². The fourth-order valence-corrected chi connectivity index (χ4v) is 2.21. The molecule has 1 atom stereocenters. The fourth-order valence-electron chi connectivity index (χ4n) is 1.95. The van der Waals surface area contributed by atoms with Gasteiger partial charge in [-0.05, 0) is 43.2 Å². The Kier molecular flexibility index (Phi) is 3.53. The molecule has 0 aliphatic rings. The van der Waals surface area contributed by atoms with Crippen LogP contribution in [0.1, 0.15) is 24.0 Å². The van der Waals surface area contributed by atoms with Crippen LogP contribution in [-0.4, -0.2) is 18.1 Å². The number of ether oxygens (including phenoxy) is 1. The van der Waals surface area contributed by atoms with E-state index in [0.717, 1.165) is 22.0 Å². The van der Waals surface area contributed by atoms with Crippen molar-refractivity contribution >= 4 is 28.5 Å². The second kappa shape index (κ2) is 4.94. The number of hydrogen-bond donors (Lipinski definition) is 0. The molecule has 0 saturated carbocycles. The quantitative estimate of drug-likeness (QED) is 0.615. The van der Waals surface area contributed by atoms with Crippen molar-refractivity contribution in [2.24, 2.45) is 0 Å². The minimum absolute atomic E-state index is 0.242. The molecule has 0 spiro atoms. The first-order valence-corrected chi connectivity index (χ1v) is 6.05. The number of aromatic nitrogens is 1. The maximum atomic E-state index is 11.5. The van der Waals surface area contributed by atoms with Crippen molar-refractivity contribution in [2.45, 2.75) is 19.8 Å². The third kappa shape index (κ3) is 2.31. The van der Waals surface area contributed by atoms with Gasteiger partial charge in [-0.3, -0.25) is 4.79 Å². The predicted octanol–water partition coefficient (Wildman–Crippen LogP) is 3.47. The fraction of sp³-hybridized carbons (Fsp3) is 0.286. The average molecular weight is 264 g/mol. The molecule has 1 unspecified atom stereocenters. The molecule has 0 fully saturated rings. The van der Waals surface area contributed by atoms with E-state index in [4.69, 9.17) is 16.3 Å². The lowest BCUT2D eigenvalue weighted by Crippen LogP contribution is -2.10. The SMILES string of the molecule is COC(=O)C(C)c1ccc2nc(Cl)cc(C)c2c1. The van der Waals surface area contributed by atoms with E-state index in [1.54, 1.807) is 0 Å². The van der Waals surface area contributed by atoms with Gasteiger partial charge in [0.25, 0.3) is 0 Å². The maximum absolute atomic E-state index is 11.5. The van der Waals surface area contributed by atoms with Crippen molar-refractivity contribution in [3.8, 4) is 0 Å². The predicted molar refractivity (Wildman–Crippen MR) is 71.9 cm³/mol. The molecular formula is C14H14ClNO2. The Balaban J connectivity index is 2.54. The summed E-state index contributed by atoms with van der Waals surface area (Å²) in [6.45, 7) is 3.80. The smallest absolute Gasteiger partial charge is 0.312 e. The van der Waals surface area contributed by atoms with Gasteiger partial charge < -0.3 is 4.74 Å². The number of methoxy groups -OCH3 is 1. The summed E-state index contributed by atoms with van der Waals surface area (Å²) in [6, 6.07) is 7.54. The number of rotatable bonds is 2. The van der Waals surface area contributed by atoms with E-state index >= 15 is 0 Å². The van der Waals surface area contributed by atoms with E-state index in [1.807, 2.05) is 38.1 Å². The molecular weight excluding hydrogens is 250 g/mol. The Labute approximate surface area is 111 Å². The van der Waals surface area contributed by atoms with Crippen LogP contribution in [-0.2, 0) is 9.53 Å². The van der Waals surface area contributed by atoms with E-state index in [-0.39, 0.29) is 11.9 Å². The first-order valence-electron chi connectivity index (χ1n) is 5.67. The molecule has 4 heteroatoms. The van der Waals surface area contributed by atoms with Gasteiger partial charge in [0, 0.05) is 5.39 Å². The Hall–Kier alpha value is -1.61. The number of hydrogen-bond acceptors (Lipinski definition) is 3. The first kappa shape index (κ1) is 12.8. The van der Waals surface area contributed by atoms with Crippen molar-refractivity contribution in [1.29, 1.82) is 0 Å². The highest BCUT2D eigenvalue weighted by molar-refractivity contribution is 6.29. The molecule has 3 nitrogen and oxygen atoms in total. The van der Waals surface area contributed by atoms with Gasteiger partial charge in [0.1, 0.15) is 5.15 Å². The number of aryl methyl sites for hydroxylation is 1. The molecule has 2 rings (SSSR count). The first-order chi connectivity index (χ1) is 8.52. The summed E-state index contributed by atoms with van der Waals surface area (Å²) < 4.78 is 4.75. The van der Waals surface area contributed by atoms with E-state index in [9.17, 15) is 4.79 Å². The van der Waals surface area contributed by atoms with Gasteiger partial charge in [-0.1, -0.05) is 17.7 Å². The number of esters is 1. The molecule has 2 aromatic rings. The van der Waals surface area contributed by atoms with Crippen LogP contribution in [0.2, 0.25) is 5.15 Å².